The van der Waals surface area contributed by atoms with E-state index in [0.29, 0.717) is 11.4 Å². The molecule has 0 aliphatic rings. The van der Waals surface area contributed by atoms with Crippen LogP contribution in [-0.4, -0.2) is 4.98 Å². The first-order chi connectivity index (χ1) is 9.74. The van der Waals surface area contributed by atoms with Crippen molar-refractivity contribution in [2.45, 2.75) is 0 Å². The topological polar surface area (TPSA) is 48.7 Å². The van der Waals surface area contributed by atoms with E-state index in [-0.39, 0.29) is 0 Å². The zero-order valence-corrected chi connectivity index (χ0v) is 12.1. The van der Waals surface area contributed by atoms with E-state index in [1.54, 1.807) is 18.3 Å². The maximum absolute atomic E-state index is 8.89. The molecule has 20 heavy (non-hydrogen) atoms. The van der Waals surface area contributed by atoms with E-state index in [9.17, 15) is 0 Å². The van der Waals surface area contributed by atoms with Gasteiger partial charge in [0.2, 0.25) is 0 Å². The number of nitrogens with zero attached hydrogens (tertiary/aromatic N) is 2. The first-order valence-corrected chi connectivity index (χ1v) is 6.86. The van der Waals surface area contributed by atoms with Crippen LogP contribution in [0.25, 0.3) is 10.8 Å². The van der Waals surface area contributed by atoms with Gasteiger partial charge in [-0.05, 0) is 47.2 Å². The molecule has 0 unspecified atom stereocenters. The van der Waals surface area contributed by atoms with Crippen molar-refractivity contribution in [3.8, 4) is 6.07 Å². The van der Waals surface area contributed by atoms with Crippen LogP contribution in [0.2, 0.25) is 0 Å². The minimum Gasteiger partial charge on any atom is -0.340 e. The summed E-state index contributed by atoms with van der Waals surface area (Å²) in [7, 11) is 0. The Labute approximate surface area is 125 Å². The zero-order valence-electron chi connectivity index (χ0n) is 10.5. The van der Waals surface area contributed by atoms with Crippen LogP contribution in [0.15, 0.2) is 59.2 Å². The predicted molar refractivity (Wildman–Crippen MR) is 83.9 cm³/mol. The van der Waals surface area contributed by atoms with Gasteiger partial charge in [0.25, 0.3) is 0 Å². The number of halogens is 1. The molecule has 0 radical (unpaired) electrons. The second-order valence-electron chi connectivity index (χ2n) is 4.37. The van der Waals surface area contributed by atoms with Gasteiger partial charge in [0.15, 0.2) is 0 Å². The Hall–Kier alpha value is -2.38. The Kier molecular flexibility index (Phi) is 3.36. The third-order valence-corrected chi connectivity index (χ3v) is 3.46. The van der Waals surface area contributed by atoms with Crippen molar-refractivity contribution in [1.29, 1.82) is 5.26 Å². The fourth-order valence-electron chi connectivity index (χ4n) is 2.01. The molecule has 0 atom stereocenters. The van der Waals surface area contributed by atoms with Gasteiger partial charge in [-0.2, -0.15) is 5.26 Å². The molecular weight excluding hydrogens is 314 g/mol. The van der Waals surface area contributed by atoms with Gasteiger partial charge >= 0.3 is 0 Å². The summed E-state index contributed by atoms with van der Waals surface area (Å²) < 4.78 is 1.06. The van der Waals surface area contributed by atoms with E-state index in [1.165, 1.54) is 5.39 Å². The fourth-order valence-corrected chi connectivity index (χ4v) is 2.39. The smallest absolute Gasteiger partial charge is 0.131 e. The lowest BCUT2D eigenvalue weighted by Crippen LogP contribution is -1.93. The van der Waals surface area contributed by atoms with Crippen LogP contribution in [0.5, 0.6) is 0 Å². The Morgan fingerprint density at radius 2 is 1.80 bits per heavy atom. The molecule has 3 aromatic rings. The second kappa shape index (κ2) is 5.32. The summed E-state index contributed by atoms with van der Waals surface area (Å²) in [6, 6.07) is 17.8. The summed E-state index contributed by atoms with van der Waals surface area (Å²) in [5.41, 5.74) is 1.54. The average Bonchev–Trinajstić information content (AvgIpc) is 2.47. The first kappa shape index (κ1) is 12.6. The van der Waals surface area contributed by atoms with Gasteiger partial charge in [0.1, 0.15) is 5.82 Å². The molecule has 2 aromatic carbocycles. The predicted octanol–water partition coefficient (Wildman–Crippen LogP) is 4.61. The summed E-state index contributed by atoms with van der Waals surface area (Å²) in [6.45, 7) is 0. The number of fused-ring (bicyclic) bond motifs is 1. The van der Waals surface area contributed by atoms with Gasteiger partial charge in [-0.25, -0.2) is 4.98 Å². The van der Waals surface area contributed by atoms with Crippen LogP contribution >= 0.6 is 15.9 Å². The first-order valence-electron chi connectivity index (χ1n) is 6.07. The third kappa shape index (κ3) is 2.63. The fraction of sp³-hybridized carbons (Fsp3) is 0. The number of aromatic nitrogens is 1. The highest BCUT2D eigenvalue weighted by atomic mass is 79.9. The monoisotopic (exact) mass is 323 g/mol. The van der Waals surface area contributed by atoms with E-state index >= 15 is 0 Å². The molecule has 0 fully saturated rings. The van der Waals surface area contributed by atoms with Crippen molar-refractivity contribution >= 4 is 38.2 Å². The van der Waals surface area contributed by atoms with Crippen LogP contribution in [0.4, 0.5) is 11.5 Å². The summed E-state index contributed by atoms with van der Waals surface area (Å²) in [5.74, 6) is 0.667. The van der Waals surface area contributed by atoms with Gasteiger partial charge < -0.3 is 5.32 Å². The van der Waals surface area contributed by atoms with Crippen molar-refractivity contribution < 1.29 is 0 Å². The lowest BCUT2D eigenvalue weighted by molar-refractivity contribution is 1.29. The zero-order chi connectivity index (χ0) is 13.9. The largest absolute Gasteiger partial charge is 0.340 e. The number of benzene rings is 2. The highest BCUT2D eigenvalue weighted by Gasteiger charge is 2.00. The second-order valence-corrected chi connectivity index (χ2v) is 5.29. The SMILES string of the molecule is N#Cc1ccnc(Nc2ccc3cc(Br)ccc3c2)c1. The number of nitrogens with one attached hydrogen (secondary N) is 1. The van der Waals surface area contributed by atoms with Crippen LogP contribution in [0.3, 0.4) is 0 Å². The molecule has 0 aliphatic carbocycles. The van der Waals surface area contributed by atoms with Crippen molar-refractivity contribution in [3.05, 3.63) is 64.8 Å². The van der Waals surface area contributed by atoms with Crippen molar-refractivity contribution in [2.24, 2.45) is 0 Å². The summed E-state index contributed by atoms with van der Waals surface area (Å²) in [4.78, 5) is 4.21. The Morgan fingerprint density at radius 1 is 1.00 bits per heavy atom. The van der Waals surface area contributed by atoms with E-state index in [2.05, 4.69) is 56.6 Å². The van der Waals surface area contributed by atoms with Gasteiger partial charge in [-0.15, -0.1) is 0 Å². The molecule has 0 aliphatic heterocycles. The van der Waals surface area contributed by atoms with E-state index in [0.717, 1.165) is 15.5 Å². The highest BCUT2D eigenvalue weighted by Crippen LogP contribution is 2.24. The molecule has 3 rings (SSSR count). The normalized spacial score (nSPS) is 10.2. The van der Waals surface area contributed by atoms with Crippen LogP contribution in [0, 0.1) is 11.3 Å². The molecule has 0 spiro atoms. The Morgan fingerprint density at radius 3 is 2.65 bits per heavy atom. The number of anilines is 2. The molecule has 1 aromatic heterocycles. The minimum absolute atomic E-state index is 0.590. The Bertz CT molecular complexity index is 821. The van der Waals surface area contributed by atoms with E-state index in [1.807, 2.05) is 12.1 Å². The maximum Gasteiger partial charge on any atom is 0.131 e. The molecule has 0 saturated carbocycles. The number of rotatable bonds is 2. The molecular formula is C16H10BrN3. The standard InChI is InChI=1S/C16H10BrN3/c17-14-3-1-13-9-15(4-2-12(13)8-14)20-16-7-11(10-18)5-6-19-16/h1-9H,(H,19,20). The molecule has 0 saturated heterocycles. The van der Waals surface area contributed by atoms with Crippen LogP contribution < -0.4 is 5.32 Å². The van der Waals surface area contributed by atoms with Gasteiger partial charge in [-0.1, -0.05) is 28.1 Å². The molecule has 96 valence electrons. The molecule has 3 nitrogen and oxygen atoms in total. The summed E-state index contributed by atoms with van der Waals surface area (Å²) >= 11 is 3.46. The molecule has 0 amide bonds. The number of hydrogen-bond donors (Lipinski definition) is 1. The van der Waals surface area contributed by atoms with Gasteiger partial charge in [0.05, 0.1) is 11.6 Å². The Balaban J connectivity index is 1.94. The molecule has 1 N–H and O–H groups in total. The third-order valence-electron chi connectivity index (χ3n) is 2.96. The average molecular weight is 324 g/mol. The van der Waals surface area contributed by atoms with Crippen LogP contribution in [-0.2, 0) is 0 Å². The van der Waals surface area contributed by atoms with Gasteiger partial charge in [-0.3, -0.25) is 0 Å². The van der Waals surface area contributed by atoms with Crippen molar-refractivity contribution in [2.75, 3.05) is 5.32 Å². The molecule has 0 bridgehead atoms. The van der Waals surface area contributed by atoms with Crippen molar-refractivity contribution in [1.82, 2.24) is 4.98 Å². The molecule has 4 heteroatoms. The number of pyridine rings is 1. The quantitative estimate of drug-likeness (QED) is 0.749. The van der Waals surface area contributed by atoms with Crippen LogP contribution in [0.1, 0.15) is 5.56 Å². The maximum atomic E-state index is 8.89. The van der Waals surface area contributed by atoms with Crippen molar-refractivity contribution in [3.63, 3.8) is 0 Å². The van der Waals surface area contributed by atoms with E-state index < -0.39 is 0 Å². The minimum atomic E-state index is 0.590. The summed E-state index contributed by atoms with van der Waals surface area (Å²) in [5, 5.41) is 14.4. The van der Waals surface area contributed by atoms with Gasteiger partial charge in [0, 0.05) is 16.4 Å². The van der Waals surface area contributed by atoms with E-state index in [4.69, 9.17) is 5.26 Å². The lowest BCUT2D eigenvalue weighted by atomic mass is 10.1. The number of nitriles is 1. The lowest BCUT2D eigenvalue weighted by Gasteiger charge is -2.07. The highest BCUT2D eigenvalue weighted by molar-refractivity contribution is 9.10. The number of hydrogen-bond acceptors (Lipinski definition) is 3. The molecule has 1 heterocycles. The summed E-state index contributed by atoms with van der Waals surface area (Å²) in [6.07, 6.45) is 1.62.